The molecule has 5 heteroatoms. The number of pyridine rings is 1. The summed E-state index contributed by atoms with van der Waals surface area (Å²) in [6.07, 6.45) is 4.50. The third-order valence-electron chi connectivity index (χ3n) is 2.56. The number of hydrogen-bond acceptors (Lipinski definition) is 3. The maximum absolute atomic E-state index is 13.1. The molecule has 0 aromatic carbocycles. The summed E-state index contributed by atoms with van der Waals surface area (Å²) in [5.41, 5.74) is 7.78. The van der Waals surface area contributed by atoms with E-state index in [1.165, 1.54) is 12.3 Å². The Balaban J connectivity index is 2.40. The molecule has 1 unspecified atom stereocenters. The Morgan fingerprint density at radius 2 is 2.19 bits per heavy atom. The van der Waals surface area contributed by atoms with Crippen LogP contribution in [0, 0.1) is 12.7 Å². The van der Waals surface area contributed by atoms with Gasteiger partial charge in [0.05, 0.1) is 24.1 Å². The molecule has 0 aliphatic rings. The van der Waals surface area contributed by atoms with Crippen molar-refractivity contribution in [2.24, 2.45) is 0 Å². The van der Waals surface area contributed by atoms with Crippen molar-refractivity contribution in [2.45, 2.75) is 19.9 Å². The Bertz CT molecular complexity index is 506. The van der Waals surface area contributed by atoms with Gasteiger partial charge in [0.1, 0.15) is 5.82 Å². The minimum Gasteiger partial charge on any atom is -0.396 e. The summed E-state index contributed by atoms with van der Waals surface area (Å²) in [5.74, 6) is -0.340. The molecule has 4 nitrogen and oxygen atoms in total. The van der Waals surface area contributed by atoms with E-state index in [0.717, 1.165) is 11.3 Å². The van der Waals surface area contributed by atoms with Gasteiger partial charge in [-0.25, -0.2) is 4.39 Å². The fourth-order valence-electron chi connectivity index (χ4n) is 1.65. The molecule has 0 aliphatic carbocycles. The number of nitrogen functional groups attached to an aromatic ring is 1. The van der Waals surface area contributed by atoms with Crippen molar-refractivity contribution in [1.29, 1.82) is 0 Å². The summed E-state index contributed by atoms with van der Waals surface area (Å²) in [6.45, 7) is 3.77. The van der Waals surface area contributed by atoms with E-state index in [4.69, 9.17) is 5.73 Å². The Hall–Kier alpha value is -1.91. The van der Waals surface area contributed by atoms with Crippen LogP contribution in [0.5, 0.6) is 0 Å². The van der Waals surface area contributed by atoms with Crippen molar-refractivity contribution in [3.63, 3.8) is 0 Å². The van der Waals surface area contributed by atoms with Crippen molar-refractivity contribution in [3.8, 4) is 0 Å². The number of rotatable bonds is 2. The fraction of sp³-hybridized carbons (Fsp3) is 0.273. The van der Waals surface area contributed by atoms with Gasteiger partial charge in [0.2, 0.25) is 0 Å². The third-order valence-corrected chi connectivity index (χ3v) is 2.56. The summed E-state index contributed by atoms with van der Waals surface area (Å²) >= 11 is 0. The summed E-state index contributed by atoms with van der Waals surface area (Å²) in [6, 6.07) is 1.39. The lowest BCUT2D eigenvalue weighted by atomic mass is 10.1. The molecule has 2 heterocycles. The van der Waals surface area contributed by atoms with Gasteiger partial charge >= 0.3 is 0 Å². The second-order valence-electron chi connectivity index (χ2n) is 3.76. The van der Waals surface area contributed by atoms with E-state index in [-0.39, 0.29) is 11.9 Å². The quantitative estimate of drug-likeness (QED) is 0.841. The second kappa shape index (κ2) is 3.92. The van der Waals surface area contributed by atoms with Crippen molar-refractivity contribution < 1.29 is 4.39 Å². The van der Waals surface area contributed by atoms with Gasteiger partial charge in [-0.05, 0) is 19.9 Å². The van der Waals surface area contributed by atoms with Crippen LogP contribution in [-0.2, 0) is 0 Å². The van der Waals surface area contributed by atoms with Gasteiger partial charge in [-0.1, -0.05) is 0 Å². The molecule has 84 valence electrons. The molecule has 0 aliphatic heterocycles. The first-order valence-electron chi connectivity index (χ1n) is 4.99. The normalized spacial score (nSPS) is 12.7. The van der Waals surface area contributed by atoms with E-state index in [9.17, 15) is 4.39 Å². The molecule has 0 saturated carbocycles. The van der Waals surface area contributed by atoms with Crippen LogP contribution < -0.4 is 5.73 Å². The summed E-state index contributed by atoms with van der Waals surface area (Å²) < 4.78 is 14.8. The van der Waals surface area contributed by atoms with Crippen LogP contribution in [0.4, 0.5) is 10.1 Å². The van der Waals surface area contributed by atoms with Crippen molar-refractivity contribution in [1.82, 2.24) is 14.8 Å². The SMILES string of the molecule is Cc1ncc(F)cc1C(C)n1cc(N)cn1. The minimum atomic E-state index is -0.340. The Labute approximate surface area is 92.9 Å². The second-order valence-corrected chi connectivity index (χ2v) is 3.76. The smallest absolute Gasteiger partial charge is 0.141 e. The van der Waals surface area contributed by atoms with Crippen molar-refractivity contribution in [2.75, 3.05) is 5.73 Å². The van der Waals surface area contributed by atoms with Gasteiger partial charge in [-0.15, -0.1) is 0 Å². The maximum Gasteiger partial charge on any atom is 0.141 e. The summed E-state index contributed by atoms with van der Waals surface area (Å²) in [4.78, 5) is 3.98. The zero-order valence-electron chi connectivity index (χ0n) is 9.18. The maximum atomic E-state index is 13.1. The largest absolute Gasteiger partial charge is 0.396 e. The Morgan fingerprint density at radius 1 is 1.44 bits per heavy atom. The lowest BCUT2D eigenvalue weighted by Crippen LogP contribution is -2.10. The minimum absolute atomic E-state index is 0.0829. The van der Waals surface area contributed by atoms with Crippen LogP contribution in [-0.4, -0.2) is 14.8 Å². The van der Waals surface area contributed by atoms with E-state index in [2.05, 4.69) is 10.1 Å². The zero-order chi connectivity index (χ0) is 11.7. The van der Waals surface area contributed by atoms with Gasteiger partial charge in [-0.2, -0.15) is 5.10 Å². The fourth-order valence-corrected chi connectivity index (χ4v) is 1.65. The average Bonchev–Trinajstić information content (AvgIpc) is 2.67. The molecule has 16 heavy (non-hydrogen) atoms. The van der Waals surface area contributed by atoms with Gasteiger partial charge in [-0.3, -0.25) is 9.67 Å². The van der Waals surface area contributed by atoms with Crippen molar-refractivity contribution in [3.05, 3.63) is 41.7 Å². The number of halogens is 1. The predicted molar refractivity (Wildman–Crippen MR) is 59.4 cm³/mol. The Kier molecular flexibility index (Phi) is 2.60. The highest BCUT2D eigenvalue weighted by atomic mass is 19.1. The van der Waals surface area contributed by atoms with Gasteiger partial charge in [0, 0.05) is 17.5 Å². The standard InChI is InChI=1S/C11H13FN4/c1-7-11(3-9(12)4-14-7)8(2)16-6-10(13)5-15-16/h3-6,8H,13H2,1-2H3. The topological polar surface area (TPSA) is 56.7 Å². The first kappa shape index (κ1) is 10.6. The number of aryl methyl sites for hydroxylation is 1. The van der Waals surface area contributed by atoms with Gasteiger partial charge in [0.15, 0.2) is 0 Å². The molecule has 2 N–H and O–H groups in total. The van der Waals surface area contributed by atoms with Crippen molar-refractivity contribution >= 4 is 5.69 Å². The molecule has 0 amide bonds. The highest BCUT2D eigenvalue weighted by Gasteiger charge is 2.13. The Morgan fingerprint density at radius 3 is 2.81 bits per heavy atom. The highest BCUT2D eigenvalue weighted by molar-refractivity contribution is 5.32. The van der Waals surface area contributed by atoms with Crippen LogP contribution >= 0.6 is 0 Å². The number of hydrogen-bond donors (Lipinski definition) is 1. The van der Waals surface area contributed by atoms with E-state index in [0.29, 0.717) is 5.69 Å². The summed E-state index contributed by atoms with van der Waals surface area (Å²) in [7, 11) is 0. The van der Waals surface area contributed by atoms with E-state index in [1.807, 2.05) is 13.8 Å². The molecular weight excluding hydrogens is 207 g/mol. The summed E-state index contributed by atoms with van der Waals surface area (Å²) in [5, 5.41) is 4.10. The molecule has 0 saturated heterocycles. The van der Waals surface area contributed by atoms with Gasteiger partial charge in [0.25, 0.3) is 0 Å². The monoisotopic (exact) mass is 220 g/mol. The lowest BCUT2D eigenvalue weighted by Gasteiger charge is -2.14. The van der Waals surface area contributed by atoms with E-state index < -0.39 is 0 Å². The molecule has 1 atom stereocenters. The molecule has 0 fully saturated rings. The lowest BCUT2D eigenvalue weighted by molar-refractivity contribution is 0.549. The molecule has 2 aromatic rings. The molecule has 2 aromatic heterocycles. The average molecular weight is 220 g/mol. The van der Waals surface area contributed by atoms with Crippen LogP contribution in [0.1, 0.15) is 24.2 Å². The first-order valence-corrected chi connectivity index (χ1v) is 4.99. The first-order chi connectivity index (χ1) is 7.58. The molecule has 0 spiro atoms. The van der Waals surface area contributed by atoms with Crippen LogP contribution in [0.3, 0.4) is 0 Å². The molecule has 0 radical (unpaired) electrons. The van der Waals surface area contributed by atoms with Crippen LogP contribution in [0.2, 0.25) is 0 Å². The number of anilines is 1. The molecule has 2 rings (SSSR count). The molecule has 0 bridgehead atoms. The van der Waals surface area contributed by atoms with Crippen LogP contribution in [0.25, 0.3) is 0 Å². The number of nitrogens with zero attached hydrogens (tertiary/aromatic N) is 3. The van der Waals surface area contributed by atoms with Crippen LogP contribution in [0.15, 0.2) is 24.7 Å². The number of aromatic nitrogens is 3. The van der Waals surface area contributed by atoms with E-state index >= 15 is 0 Å². The number of nitrogens with two attached hydrogens (primary N) is 1. The molecular formula is C11H13FN4. The predicted octanol–water partition coefficient (Wildman–Crippen LogP) is 1.92. The van der Waals surface area contributed by atoms with E-state index in [1.54, 1.807) is 17.1 Å². The highest BCUT2D eigenvalue weighted by Crippen LogP contribution is 2.20. The third kappa shape index (κ3) is 1.88. The zero-order valence-corrected chi connectivity index (χ0v) is 9.18. The van der Waals surface area contributed by atoms with Gasteiger partial charge < -0.3 is 5.73 Å².